The molecule has 4 heteroatoms. The summed E-state index contributed by atoms with van der Waals surface area (Å²) >= 11 is 0. The van der Waals surface area contributed by atoms with Gasteiger partial charge in [0.15, 0.2) is 0 Å². The first-order valence-corrected chi connectivity index (χ1v) is 23.0. The van der Waals surface area contributed by atoms with Gasteiger partial charge in [0.1, 0.15) is 11.2 Å². The molecule has 4 heterocycles. The summed E-state index contributed by atoms with van der Waals surface area (Å²) in [6.07, 6.45) is 0. The van der Waals surface area contributed by atoms with E-state index in [4.69, 9.17) is 4.42 Å². The van der Waals surface area contributed by atoms with E-state index < -0.39 is 0 Å². The van der Waals surface area contributed by atoms with E-state index in [0.717, 1.165) is 27.9 Å². The second-order valence-electron chi connectivity index (χ2n) is 18.4. The van der Waals surface area contributed by atoms with Crippen molar-refractivity contribution in [2.24, 2.45) is 0 Å². The summed E-state index contributed by atoms with van der Waals surface area (Å²) in [6.45, 7) is 4.48. The van der Waals surface area contributed by atoms with Gasteiger partial charge in [-0.2, -0.15) is 0 Å². The number of furan rings is 1. The summed E-state index contributed by atoms with van der Waals surface area (Å²) < 4.78 is 9.73. The Morgan fingerprint density at radius 2 is 1.02 bits per heavy atom. The fraction of sp³-hybridized carbons (Fsp3) is 0.0323. The van der Waals surface area contributed by atoms with Gasteiger partial charge in [0.05, 0.1) is 0 Å². The molecule has 3 nitrogen and oxygen atoms in total. The molecule has 13 aromatic rings. The number of para-hydroxylation sites is 2. The summed E-state index contributed by atoms with van der Waals surface area (Å²) in [5, 5.41) is 12.6. The van der Waals surface area contributed by atoms with E-state index in [2.05, 4.69) is 223 Å². The lowest BCUT2D eigenvalue weighted by Crippen LogP contribution is -2.56. The molecule has 0 unspecified atom stereocenters. The normalized spacial score (nSPS) is 12.9. The zero-order valence-corrected chi connectivity index (χ0v) is 36.4. The van der Waals surface area contributed by atoms with Crippen molar-refractivity contribution in [3.63, 3.8) is 0 Å². The number of nitrogens with zero attached hydrogens (tertiary/aromatic N) is 2. The Hall–Kier alpha value is -8.34. The van der Waals surface area contributed by atoms with Crippen molar-refractivity contribution in [2.45, 2.75) is 13.8 Å². The van der Waals surface area contributed by atoms with E-state index in [-0.39, 0.29) is 6.85 Å². The first kappa shape index (κ1) is 36.1. The van der Waals surface area contributed by atoms with Gasteiger partial charge in [-0.25, -0.2) is 0 Å². The summed E-state index contributed by atoms with van der Waals surface area (Å²) in [4.78, 5) is 2.58. The number of aryl methyl sites for hydroxylation is 2. The van der Waals surface area contributed by atoms with E-state index in [1.54, 1.807) is 0 Å². The minimum absolute atomic E-state index is 0.142. The maximum Gasteiger partial charge on any atom is 0.333 e. The van der Waals surface area contributed by atoms with Crippen LogP contribution in [0.25, 0.3) is 109 Å². The van der Waals surface area contributed by atoms with Gasteiger partial charge in [-0.15, -0.1) is 0 Å². The Morgan fingerprint density at radius 1 is 0.424 bits per heavy atom. The van der Waals surface area contributed by atoms with E-state index in [0.29, 0.717) is 0 Å². The molecule has 0 bridgehead atoms. The molecular formula is C62H39BN2O. The van der Waals surface area contributed by atoms with Crippen LogP contribution in [0.5, 0.6) is 0 Å². The number of rotatable bonds is 3. The number of aromatic nitrogens is 1. The monoisotopic (exact) mass is 838 g/mol. The van der Waals surface area contributed by atoms with Crippen LogP contribution < -0.4 is 15.8 Å². The lowest BCUT2D eigenvalue weighted by Gasteiger charge is -2.41. The third-order valence-electron chi connectivity index (χ3n) is 15.1. The maximum absolute atomic E-state index is 7.03. The highest BCUT2D eigenvalue weighted by molar-refractivity contribution is 6.90. The molecule has 0 aliphatic carbocycles. The predicted octanol–water partition coefficient (Wildman–Crippen LogP) is 15.5. The highest BCUT2D eigenvalue weighted by Gasteiger charge is 2.45. The summed E-state index contributed by atoms with van der Waals surface area (Å²) in [5.41, 5.74) is 20.1. The zero-order valence-electron chi connectivity index (χ0n) is 36.4. The van der Waals surface area contributed by atoms with Crippen molar-refractivity contribution in [2.75, 3.05) is 4.90 Å². The number of fused-ring (bicyclic) bond motifs is 15. The molecule has 0 saturated carbocycles. The summed E-state index contributed by atoms with van der Waals surface area (Å²) in [6, 6.07) is 74.3. The molecule has 11 aromatic carbocycles. The van der Waals surface area contributed by atoms with Crippen LogP contribution in [-0.2, 0) is 0 Å². The van der Waals surface area contributed by atoms with Crippen molar-refractivity contribution < 1.29 is 4.42 Å². The smallest absolute Gasteiger partial charge is 0.333 e. The quantitative estimate of drug-likeness (QED) is 0.131. The van der Waals surface area contributed by atoms with Crippen LogP contribution in [0.15, 0.2) is 205 Å². The van der Waals surface area contributed by atoms with Crippen molar-refractivity contribution >= 4 is 111 Å². The minimum Gasteiger partial charge on any atom is -0.456 e. The Labute approximate surface area is 381 Å². The SMILES string of the molecule is Cc1c2ccccc2c(C)c2cc3c(cc12)B1c2c(cc4oc5ccccc5c4c2-c2cc4ccccc4c4c5ccccc5n1c24)N3c1cc(-c2ccccc2)cc(-c2ccccc2)c1. The van der Waals surface area contributed by atoms with Gasteiger partial charge in [-0.1, -0.05) is 152 Å². The second kappa shape index (κ2) is 13.1. The third kappa shape index (κ3) is 4.72. The molecule has 0 atom stereocenters. The Balaban J connectivity index is 1.17. The van der Waals surface area contributed by atoms with Crippen LogP contribution in [0, 0.1) is 13.8 Å². The van der Waals surface area contributed by atoms with Gasteiger partial charge in [0.25, 0.3) is 0 Å². The van der Waals surface area contributed by atoms with Gasteiger partial charge in [0, 0.05) is 61.3 Å². The van der Waals surface area contributed by atoms with E-state index >= 15 is 0 Å². The molecule has 2 aliphatic heterocycles. The van der Waals surface area contributed by atoms with Gasteiger partial charge in [-0.3, -0.25) is 0 Å². The number of benzene rings is 11. The average Bonchev–Trinajstić information content (AvgIpc) is 3.93. The molecule has 0 fully saturated rings. The average molecular weight is 839 g/mol. The molecular weight excluding hydrogens is 800 g/mol. The van der Waals surface area contributed by atoms with Crippen molar-refractivity contribution in [3.05, 3.63) is 211 Å². The van der Waals surface area contributed by atoms with Crippen LogP contribution in [0.1, 0.15) is 11.1 Å². The molecule has 2 aromatic heterocycles. The molecule has 0 spiro atoms. The molecule has 66 heavy (non-hydrogen) atoms. The third-order valence-corrected chi connectivity index (χ3v) is 15.1. The van der Waals surface area contributed by atoms with Crippen molar-refractivity contribution in [1.29, 1.82) is 0 Å². The van der Waals surface area contributed by atoms with E-state index in [9.17, 15) is 0 Å². The largest absolute Gasteiger partial charge is 0.456 e. The number of hydrogen-bond donors (Lipinski definition) is 0. The molecule has 0 saturated heterocycles. The van der Waals surface area contributed by atoms with Gasteiger partial charge in [-0.05, 0) is 138 Å². The summed E-state index contributed by atoms with van der Waals surface area (Å²) in [5.74, 6) is 0. The first-order valence-electron chi connectivity index (χ1n) is 23.0. The van der Waals surface area contributed by atoms with Crippen LogP contribution in [0.4, 0.5) is 17.1 Å². The lowest BCUT2D eigenvalue weighted by atomic mass is 9.44. The van der Waals surface area contributed by atoms with Crippen molar-refractivity contribution in [3.8, 4) is 33.4 Å². The van der Waals surface area contributed by atoms with Gasteiger partial charge >= 0.3 is 6.85 Å². The highest BCUT2D eigenvalue weighted by Crippen LogP contribution is 2.52. The Morgan fingerprint density at radius 3 is 1.73 bits per heavy atom. The molecule has 306 valence electrons. The van der Waals surface area contributed by atoms with Crippen molar-refractivity contribution in [1.82, 2.24) is 4.48 Å². The fourth-order valence-corrected chi connectivity index (χ4v) is 12.2. The fourth-order valence-electron chi connectivity index (χ4n) is 12.2. The first-order chi connectivity index (χ1) is 32.6. The lowest BCUT2D eigenvalue weighted by molar-refractivity contribution is 0.669. The van der Waals surface area contributed by atoms with Gasteiger partial charge in [0.2, 0.25) is 0 Å². The van der Waals surface area contributed by atoms with Gasteiger partial charge < -0.3 is 13.8 Å². The zero-order chi connectivity index (χ0) is 43.4. The Bertz CT molecular complexity index is 4200. The number of anilines is 3. The molecule has 2 aliphatic rings. The highest BCUT2D eigenvalue weighted by atomic mass is 16.3. The van der Waals surface area contributed by atoms with Crippen LogP contribution >= 0.6 is 0 Å². The van der Waals surface area contributed by atoms with E-state index in [1.807, 2.05) is 0 Å². The topological polar surface area (TPSA) is 21.3 Å². The van der Waals surface area contributed by atoms with E-state index in [1.165, 1.54) is 121 Å². The minimum atomic E-state index is -0.142. The maximum atomic E-state index is 7.03. The Kier molecular flexibility index (Phi) is 7.17. The van der Waals surface area contributed by atoms with Crippen LogP contribution in [-0.4, -0.2) is 11.3 Å². The van der Waals surface area contributed by atoms with Crippen LogP contribution in [0.3, 0.4) is 0 Å². The molecule has 0 N–H and O–H groups in total. The molecule has 0 amide bonds. The van der Waals surface area contributed by atoms with Crippen LogP contribution in [0.2, 0.25) is 0 Å². The molecule has 15 rings (SSSR count). The number of hydrogen-bond acceptors (Lipinski definition) is 2. The standard InChI is InChI=1S/C62H39BN2O/c1-36-44-22-11-12-23-45(44)37(2)50-34-54-52(33-49(36)50)63-61-55(64(54)43-30-41(38-17-5-3-6-18-38)29-42(31-43)39-19-7-4-8-20-39)35-57-59(48-26-14-16-28-56(48)66-57)60(61)51-32-40-21-9-10-24-46(40)58-47-25-13-15-27-53(47)65(63)62(51)58/h3-35H,1-2H3. The predicted molar refractivity (Wildman–Crippen MR) is 280 cm³/mol. The second-order valence-corrected chi connectivity index (χ2v) is 18.4. The summed E-state index contributed by atoms with van der Waals surface area (Å²) in [7, 11) is 0. The molecule has 0 radical (unpaired) electrons.